The van der Waals surface area contributed by atoms with Gasteiger partial charge in [0.25, 0.3) is 5.91 Å². The lowest BCUT2D eigenvalue weighted by molar-refractivity contribution is 0.0951. The highest BCUT2D eigenvalue weighted by Gasteiger charge is 2.09. The summed E-state index contributed by atoms with van der Waals surface area (Å²) in [5.74, 6) is -0.121. The van der Waals surface area contributed by atoms with Gasteiger partial charge in [0.2, 0.25) is 0 Å². The van der Waals surface area contributed by atoms with Crippen LogP contribution in [0.2, 0.25) is 0 Å². The maximum absolute atomic E-state index is 11.9. The fourth-order valence-corrected chi connectivity index (χ4v) is 1.46. The first-order valence-corrected chi connectivity index (χ1v) is 4.70. The minimum absolute atomic E-state index is 0.121. The Bertz CT molecular complexity index is 459. The molecule has 0 radical (unpaired) electrons. The summed E-state index contributed by atoms with van der Waals surface area (Å²) in [4.78, 5) is 11.9. The number of rotatable bonds is 2. The van der Waals surface area contributed by atoms with Crippen LogP contribution in [0, 0.1) is 0 Å². The molecular formula is C12H11NO2. The molecule has 0 fully saturated rings. The van der Waals surface area contributed by atoms with E-state index in [4.69, 9.17) is 5.11 Å². The van der Waals surface area contributed by atoms with Crippen LogP contribution in [0.4, 0.5) is 0 Å². The number of hydrogen-bond donors (Lipinski definition) is 1. The molecular weight excluding hydrogens is 190 g/mol. The normalized spacial score (nSPS) is 10.2. The van der Waals surface area contributed by atoms with E-state index in [2.05, 4.69) is 0 Å². The van der Waals surface area contributed by atoms with E-state index in [1.54, 1.807) is 30.5 Å². The molecule has 0 aliphatic carbocycles. The van der Waals surface area contributed by atoms with Crippen LogP contribution in [-0.2, 0) is 6.61 Å². The zero-order valence-electron chi connectivity index (χ0n) is 8.13. The molecule has 1 aromatic carbocycles. The average Bonchev–Trinajstić information content (AvgIpc) is 2.77. The minimum atomic E-state index is -0.133. The molecule has 0 unspecified atom stereocenters. The molecule has 0 bridgehead atoms. The Kier molecular flexibility index (Phi) is 2.65. The summed E-state index contributed by atoms with van der Waals surface area (Å²) in [7, 11) is 0. The largest absolute Gasteiger partial charge is 0.390 e. The van der Waals surface area contributed by atoms with E-state index < -0.39 is 0 Å². The summed E-state index contributed by atoms with van der Waals surface area (Å²) in [6, 6.07) is 12.5. The van der Waals surface area contributed by atoms with E-state index in [1.165, 1.54) is 4.57 Å². The topological polar surface area (TPSA) is 42.2 Å². The zero-order chi connectivity index (χ0) is 10.7. The third-order valence-electron chi connectivity index (χ3n) is 2.23. The summed E-state index contributed by atoms with van der Waals surface area (Å²) >= 11 is 0. The molecule has 3 nitrogen and oxygen atoms in total. The molecule has 0 aliphatic heterocycles. The van der Waals surface area contributed by atoms with Crippen molar-refractivity contribution in [2.24, 2.45) is 0 Å². The molecule has 1 heterocycles. The number of hydrogen-bond acceptors (Lipinski definition) is 2. The monoisotopic (exact) mass is 201 g/mol. The second-order valence-corrected chi connectivity index (χ2v) is 3.20. The number of carbonyl (C=O) groups excluding carboxylic acids is 1. The van der Waals surface area contributed by atoms with Gasteiger partial charge in [-0.2, -0.15) is 0 Å². The average molecular weight is 201 g/mol. The van der Waals surface area contributed by atoms with Crippen LogP contribution in [0.3, 0.4) is 0 Å². The van der Waals surface area contributed by atoms with Crippen LogP contribution in [0.1, 0.15) is 16.1 Å². The van der Waals surface area contributed by atoms with Crippen molar-refractivity contribution >= 4 is 5.91 Å². The van der Waals surface area contributed by atoms with Crippen molar-refractivity contribution in [2.45, 2.75) is 6.61 Å². The smallest absolute Gasteiger partial charge is 0.262 e. The Morgan fingerprint density at radius 2 is 1.87 bits per heavy atom. The maximum Gasteiger partial charge on any atom is 0.262 e. The lowest BCUT2D eigenvalue weighted by Gasteiger charge is -2.05. The first-order valence-electron chi connectivity index (χ1n) is 4.70. The van der Waals surface area contributed by atoms with Crippen LogP contribution < -0.4 is 0 Å². The van der Waals surface area contributed by atoms with Crippen LogP contribution in [-0.4, -0.2) is 15.6 Å². The Hall–Kier alpha value is -1.87. The molecule has 0 spiro atoms. The molecule has 0 amide bonds. The van der Waals surface area contributed by atoms with Gasteiger partial charge in [-0.3, -0.25) is 9.36 Å². The molecule has 2 rings (SSSR count). The standard InChI is InChI=1S/C12H11NO2/c14-9-11-7-4-8-13(11)12(15)10-5-2-1-3-6-10/h1-8,14H,9H2. The van der Waals surface area contributed by atoms with Crippen LogP contribution in [0.5, 0.6) is 0 Å². The number of carbonyl (C=O) groups is 1. The highest BCUT2D eigenvalue weighted by molar-refractivity contribution is 5.96. The van der Waals surface area contributed by atoms with Gasteiger partial charge in [0, 0.05) is 11.8 Å². The predicted molar refractivity (Wildman–Crippen MR) is 56.5 cm³/mol. The number of aliphatic hydroxyl groups is 1. The number of aromatic nitrogens is 1. The van der Waals surface area contributed by atoms with Crippen molar-refractivity contribution in [3.05, 3.63) is 59.9 Å². The molecule has 0 aliphatic rings. The first kappa shape index (κ1) is 9.68. The van der Waals surface area contributed by atoms with E-state index >= 15 is 0 Å². The van der Waals surface area contributed by atoms with Gasteiger partial charge in [0.15, 0.2) is 0 Å². The summed E-state index contributed by atoms with van der Waals surface area (Å²) in [6.07, 6.45) is 1.65. The van der Waals surface area contributed by atoms with Gasteiger partial charge in [0.05, 0.1) is 12.3 Å². The van der Waals surface area contributed by atoms with Crippen LogP contribution in [0.25, 0.3) is 0 Å². The molecule has 76 valence electrons. The van der Waals surface area contributed by atoms with E-state index in [0.717, 1.165) is 0 Å². The van der Waals surface area contributed by atoms with E-state index in [0.29, 0.717) is 11.3 Å². The summed E-state index contributed by atoms with van der Waals surface area (Å²) in [6.45, 7) is -0.133. The third kappa shape index (κ3) is 1.82. The van der Waals surface area contributed by atoms with Crippen molar-refractivity contribution in [3.8, 4) is 0 Å². The van der Waals surface area contributed by atoms with Gasteiger partial charge < -0.3 is 5.11 Å². The molecule has 2 aromatic rings. The SMILES string of the molecule is O=C(c1ccccc1)n1cccc1CO. The Morgan fingerprint density at radius 3 is 2.53 bits per heavy atom. The van der Waals surface area contributed by atoms with Gasteiger partial charge in [-0.15, -0.1) is 0 Å². The predicted octanol–water partition coefficient (Wildman–Crippen LogP) is 1.67. The van der Waals surface area contributed by atoms with Crippen molar-refractivity contribution in [1.29, 1.82) is 0 Å². The summed E-state index contributed by atoms with van der Waals surface area (Å²) in [5.41, 5.74) is 1.22. The molecule has 3 heteroatoms. The van der Waals surface area contributed by atoms with E-state index in [-0.39, 0.29) is 12.5 Å². The van der Waals surface area contributed by atoms with E-state index in [1.807, 2.05) is 18.2 Å². The lowest BCUT2D eigenvalue weighted by Crippen LogP contribution is -2.13. The summed E-state index contributed by atoms with van der Waals surface area (Å²) in [5, 5.41) is 9.03. The zero-order valence-corrected chi connectivity index (χ0v) is 8.13. The molecule has 0 saturated heterocycles. The molecule has 0 saturated carbocycles. The first-order chi connectivity index (χ1) is 7.33. The Morgan fingerprint density at radius 1 is 1.13 bits per heavy atom. The maximum atomic E-state index is 11.9. The Balaban J connectivity index is 2.37. The molecule has 1 aromatic heterocycles. The molecule has 1 N–H and O–H groups in total. The Labute approximate surface area is 87.6 Å². The highest BCUT2D eigenvalue weighted by Crippen LogP contribution is 2.07. The quantitative estimate of drug-likeness (QED) is 0.803. The number of aliphatic hydroxyl groups excluding tert-OH is 1. The fourth-order valence-electron chi connectivity index (χ4n) is 1.46. The highest BCUT2D eigenvalue weighted by atomic mass is 16.3. The van der Waals surface area contributed by atoms with Gasteiger partial charge in [-0.05, 0) is 24.3 Å². The van der Waals surface area contributed by atoms with Crippen molar-refractivity contribution in [1.82, 2.24) is 4.57 Å². The van der Waals surface area contributed by atoms with Gasteiger partial charge in [-0.25, -0.2) is 0 Å². The van der Waals surface area contributed by atoms with Crippen LogP contribution >= 0.6 is 0 Å². The van der Waals surface area contributed by atoms with Crippen LogP contribution in [0.15, 0.2) is 48.7 Å². The molecule has 0 atom stereocenters. The summed E-state index contributed by atoms with van der Waals surface area (Å²) < 4.78 is 1.45. The molecule has 15 heavy (non-hydrogen) atoms. The van der Waals surface area contributed by atoms with Gasteiger partial charge >= 0.3 is 0 Å². The lowest BCUT2D eigenvalue weighted by atomic mass is 10.2. The second kappa shape index (κ2) is 4.11. The van der Waals surface area contributed by atoms with E-state index in [9.17, 15) is 4.79 Å². The third-order valence-corrected chi connectivity index (χ3v) is 2.23. The fraction of sp³-hybridized carbons (Fsp3) is 0.0833. The second-order valence-electron chi connectivity index (χ2n) is 3.20. The minimum Gasteiger partial charge on any atom is -0.390 e. The van der Waals surface area contributed by atoms with Crippen molar-refractivity contribution in [2.75, 3.05) is 0 Å². The van der Waals surface area contributed by atoms with Crippen molar-refractivity contribution in [3.63, 3.8) is 0 Å². The van der Waals surface area contributed by atoms with Gasteiger partial charge in [-0.1, -0.05) is 18.2 Å². The number of benzene rings is 1. The van der Waals surface area contributed by atoms with Crippen molar-refractivity contribution < 1.29 is 9.90 Å². The number of nitrogens with zero attached hydrogens (tertiary/aromatic N) is 1. The van der Waals surface area contributed by atoms with Gasteiger partial charge in [0.1, 0.15) is 0 Å².